The molecule has 0 saturated heterocycles. The van der Waals surface area contributed by atoms with Gasteiger partial charge in [-0.25, -0.2) is 4.79 Å². The van der Waals surface area contributed by atoms with Crippen molar-refractivity contribution in [2.24, 2.45) is 0 Å². The summed E-state index contributed by atoms with van der Waals surface area (Å²) in [5, 5.41) is 11.2. The zero-order chi connectivity index (χ0) is 17.8. The third kappa shape index (κ3) is 3.75. The molecule has 6 heteroatoms. The summed E-state index contributed by atoms with van der Waals surface area (Å²) in [6.45, 7) is 0. The molecule has 5 nitrogen and oxygen atoms in total. The van der Waals surface area contributed by atoms with E-state index in [4.69, 9.17) is 4.74 Å². The second-order valence-electron chi connectivity index (χ2n) is 5.17. The summed E-state index contributed by atoms with van der Waals surface area (Å²) in [6, 6.07) is 20.1. The van der Waals surface area contributed by atoms with Gasteiger partial charge < -0.3 is 4.74 Å². The number of carbonyl (C=O) groups is 1. The zero-order valence-corrected chi connectivity index (χ0v) is 14.5. The van der Waals surface area contributed by atoms with Crippen LogP contribution in [0.25, 0.3) is 11.1 Å². The fraction of sp³-hybridized carbons (Fsp3) is 0. The van der Waals surface area contributed by atoms with Crippen LogP contribution < -0.4 is 4.74 Å². The molecule has 3 aromatic rings. The fourth-order valence-corrected chi connectivity index (χ4v) is 2.79. The van der Waals surface area contributed by atoms with Gasteiger partial charge in [-0.05, 0) is 51.8 Å². The minimum atomic E-state index is -0.543. The molecule has 0 aromatic heterocycles. The van der Waals surface area contributed by atoms with Gasteiger partial charge in [0.1, 0.15) is 5.75 Å². The highest BCUT2D eigenvalue weighted by Crippen LogP contribution is 2.32. The Hall–Kier alpha value is -2.99. The first kappa shape index (κ1) is 16.9. The predicted molar refractivity (Wildman–Crippen MR) is 97.6 cm³/mol. The maximum absolute atomic E-state index is 12.5. The fourth-order valence-electron chi connectivity index (χ4n) is 2.38. The van der Waals surface area contributed by atoms with E-state index in [1.807, 2.05) is 6.07 Å². The second kappa shape index (κ2) is 7.27. The molecule has 3 aromatic carbocycles. The number of rotatable bonds is 4. The van der Waals surface area contributed by atoms with E-state index in [0.29, 0.717) is 26.9 Å². The number of benzene rings is 3. The Kier molecular flexibility index (Phi) is 4.90. The number of ether oxygens (including phenoxy) is 1. The van der Waals surface area contributed by atoms with Crippen LogP contribution in [0.15, 0.2) is 77.3 Å². The summed E-state index contributed by atoms with van der Waals surface area (Å²) < 4.78 is 5.90. The van der Waals surface area contributed by atoms with Crippen LogP contribution >= 0.6 is 15.9 Å². The minimum Gasteiger partial charge on any atom is -0.423 e. The molecule has 25 heavy (non-hydrogen) atoms. The Morgan fingerprint density at radius 2 is 1.64 bits per heavy atom. The number of halogens is 1. The molecule has 0 fully saturated rings. The van der Waals surface area contributed by atoms with Gasteiger partial charge in [0, 0.05) is 10.5 Å². The smallest absolute Gasteiger partial charge is 0.344 e. The van der Waals surface area contributed by atoms with Gasteiger partial charge in [-0.2, -0.15) is 0 Å². The molecule has 0 atom stereocenters. The summed E-state index contributed by atoms with van der Waals surface area (Å²) in [4.78, 5) is 23.2. The van der Waals surface area contributed by atoms with Gasteiger partial charge in [-0.3, -0.25) is 10.1 Å². The lowest BCUT2D eigenvalue weighted by molar-refractivity contribution is -0.384. The molecule has 0 aliphatic heterocycles. The first-order valence-corrected chi connectivity index (χ1v) is 8.16. The van der Waals surface area contributed by atoms with Crippen LogP contribution in [0, 0.1) is 10.1 Å². The van der Waals surface area contributed by atoms with Crippen LogP contribution in [0.2, 0.25) is 0 Å². The van der Waals surface area contributed by atoms with Crippen LogP contribution in [-0.4, -0.2) is 10.9 Å². The summed E-state index contributed by atoms with van der Waals surface area (Å²) in [5.74, 6) is -0.117. The molecule has 0 heterocycles. The van der Waals surface area contributed by atoms with Crippen LogP contribution in [-0.2, 0) is 0 Å². The van der Waals surface area contributed by atoms with Gasteiger partial charge in [0.05, 0.1) is 16.1 Å². The molecule has 0 saturated carbocycles. The SMILES string of the molecule is O=C(Oc1ccccc1)c1cc(-c2ccccc2[N+](=O)[O-])ccc1Br. The van der Waals surface area contributed by atoms with Crippen molar-refractivity contribution in [2.75, 3.05) is 0 Å². The Bertz CT molecular complexity index is 941. The average molecular weight is 398 g/mol. The maximum Gasteiger partial charge on any atom is 0.344 e. The first-order chi connectivity index (χ1) is 12.1. The van der Waals surface area contributed by atoms with Gasteiger partial charge in [0.15, 0.2) is 0 Å². The standard InChI is InChI=1S/C19H12BrNO4/c20-17-11-10-13(15-8-4-5-9-18(15)21(23)24)12-16(17)19(22)25-14-6-2-1-3-7-14/h1-12H. The first-order valence-electron chi connectivity index (χ1n) is 7.37. The normalized spacial score (nSPS) is 10.3. The van der Waals surface area contributed by atoms with E-state index in [1.54, 1.807) is 60.7 Å². The van der Waals surface area contributed by atoms with E-state index in [2.05, 4.69) is 15.9 Å². The Labute approximate surface area is 152 Å². The third-order valence-electron chi connectivity index (χ3n) is 3.55. The number of nitro benzene ring substituents is 1. The monoisotopic (exact) mass is 397 g/mol. The molecule has 124 valence electrons. The number of hydrogen-bond donors (Lipinski definition) is 0. The summed E-state index contributed by atoms with van der Waals surface area (Å²) in [5.41, 5.74) is 1.27. The van der Waals surface area contributed by atoms with Crippen molar-refractivity contribution in [1.82, 2.24) is 0 Å². The number of hydrogen-bond acceptors (Lipinski definition) is 4. The topological polar surface area (TPSA) is 69.4 Å². The van der Waals surface area contributed by atoms with E-state index in [9.17, 15) is 14.9 Å². The number of carbonyl (C=O) groups excluding carboxylic acids is 1. The number of nitrogens with zero attached hydrogens (tertiary/aromatic N) is 1. The second-order valence-corrected chi connectivity index (χ2v) is 6.03. The van der Waals surface area contributed by atoms with Crippen molar-refractivity contribution in [3.63, 3.8) is 0 Å². The number of esters is 1. The van der Waals surface area contributed by atoms with Crippen molar-refractivity contribution in [3.05, 3.63) is 92.9 Å². The van der Waals surface area contributed by atoms with E-state index in [1.165, 1.54) is 6.07 Å². The number of nitro groups is 1. The van der Waals surface area contributed by atoms with Gasteiger partial charge in [0.2, 0.25) is 0 Å². The molecule has 0 N–H and O–H groups in total. The van der Waals surface area contributed by atoms with E-state index < -0.39 is 10.9 Å². The molecule has 0 spiro atoms. The lowest BCUT2D eigenvalue weighted by Gasteiger charge is -2.09. The molecule has 0 aliphatic carbocycles. The van der Waals surface area contributed by atoms with Crippen molar-refractivity contribution in [2.45, 2.75) is 0 Å². The van der Waals surface area contributed by atoms with Gasteiger partial charge >= 0.3 is 5.97 Å². The third-order valence-corrected chi connectivity index (χ3v) is 4.24. The molecular weight excluding hydrogens is 386 g/mol. The average Bonchev–Trinajstić information content (AvgIpc) is 2.63. The van der Waals surface area contributed by atoms with E-state index in [-0.39, 0.29) is 5.69 Å². The van der Waals surface area contributed by atoms with Crippen LogP contribution in [0.1, 0.15) is 10.4 Å². The van der Waals surface area contributed by atoms with Crippen LogP contribution in [0.4, 0.5) is 5.69 Å². The van der Waals surface area contributed by atoms with Crippen LogP contribution in [0.3, 0.4) is 0 Å². The number of para-hydroxylation sites is 2. The highest BCUT2D eigenvalue weighted by Gasteiger charge is 2.18. The molecule has 0 aliphatic rings. The van der Waals surface area contributed by atoms with Crippen molar-refractivity contribution in [3.8, 4) is 16.9 Å². The lowest BCUT2D eigenvalue weighted by atomic mass is 10.0. The minimum absolute atomic E-state index is 0.0211. The molecule has 0 radical (unpaired) electrons. The summed E-state index contributed by atoms with van der Waals surface area (Å²) in [7, 11) is 0. The maximum atomic E-state index is 12.5. The van der Waals surface area contributed by atoms with Gasteiger partial charge in [-0.15, -0.1) is 0 Å². The van der Waals surface area contributed by atoms with Crippen molar-refractivity contribution >= 4 is 27.6 Å². The predicted octanol–water partition coefficient (Wildman–Crippen LogP) is 5.24. The Morgan fingerprint density at radius 1 is 0.960 bits per heavy atom. The molecular formula is C19H12BrNO4. The van der Waals surface area contributed by atoms with E-state index >= 15 is 0 Å². The summed E-state index contributed by atoms with van der Waals surface area (Å²) in [6.07, 6.45) is 0. The van der Waals surface area contributed by atoms with Crippen molar-refractivity contribution in [1.29, 1.82) is 0 Å². The highest BCUT2D eigenvalue weighted by atomic mass is 79.9. The lowest BCUT2D eigenvalue weighted by Crippen LogP contribution is -2.09. The largest absolute Gasteiger partial charge is 0.423 e. The molecule has 0 amide bonds. The molecule has 0 bridgehead atoms. The Morgan fingerprint density at radius 3 is 2.36 bits per heavy atom. The molecule has 0 unspecified atom stereocenters. The quantitative estimate of drug-likeness (QED) is 0.261. The Balaban J connectivity index is 1.99. The van der Waals surface area contributed by atoms with Crippen LogP contribution in [0.5, 0.6) is 5.75 Å². The highest BCUT2D eigenvalue weighted by molar-refractivity contribution is 9.10. The van der Waals surface area contributed by atoms with E-state index in [0.717, 1.165) is 0 Å². The van der Waals surface area contributed by atoms with Gasteiger partial charge in [-0.1, -0.05) is 36.4 Å². The zero-order valence-electron chi connectivity index (χ0n) is 12.9. The molecule has 3 rings (SSSR count). The van der Waals surface area contributed by atoms with Gasteiger partial charge in [0.25, 0.3) is 5.69 Å². The van der Waals surface area contributed by atoms with Crippen molar-refractivity contribution < 1.29 is 14.5 Å². The summed E-state index contributed by atoms with van der Waals surface area (Å²) >= 11 is 3.33.